The van der Waals surface area contributed by atoms with Gasteiger partial charge in [0.1, 0.15) is 0 Å². The van der Waals surface area contributed by atoms with E-state index in [9.17, 15) is 0 Å². The number of rotatable bonds is 4. The van der Waals surface area contributed by atoms with E-state index in [1.807, 2.05) is 0 Å². The maximum atomic E-state index is 5.41. The van der Waals surface area contributed by atoms with Gasteiger partial charge in [0.2, 0.25) is 0 Å². The average molecular weight is 774 g/mol. The summed E-state index contributed by atoms with van der Waals surface area (Å²) in [5, 5.41) is 7.00. The first-order chi connectivity index (χ1) is 30.2. The minimum absolute atomic E-state index is 0.471. The van der Waals surface area contributed by atoms with Crippen molar-refractivity contribution in [2.24, 2.45) is 0 Å². The highest BCUT2D eigenvalue weighted by Crippen LogP contribution is 2.63. The second-order valence-corrected chi connectivity index (χ2v) is 16.3. The molecule has 0 fully saturated rings. The molecule has 2 aliphatic carbocycles. The molecule has 1 aromatic heterocycles. The fourth-order valence-corrected chi connectivity index (χ4v) is 10.3. The molecule has 10 aromatic carbocycles. The van der Waals surface area contributed by atoms with Crippen LogP contribution in [0.15, 0.2) is 212 Å². The van der Waals surface area contributed by atoms with Gasteiger partial charge in [0.05, 0.1) is 5.41 Å². The third-order valence-electron chi connectivity index (χ3n) is 13.1. The molecular formula is C58H35N3. The van der Waals surface area contributed by atoms with Crippen molar-refractivity contribution >= 4 is 32.3 Å². The van der Waals surface area contributed by atoms with Crippen molar-refractivity contribution in [2.45, 2.75) is 5.41 Å². The number of aromatic nitrogens is 3. The quantitative estimate of drug-likeness (QED) is 0.179. The zero-order valence-corrected chi connectivity index (χ0v) is 33.0. The first-order valence-corrected chi connectivity index (χ1v) is 20.9. The van der Waals surface area contributed by atoms with E-state index in [4.69, 9.17) is 15.0 Å². The number of fused-ring (bicyclic) bond motifs is 13. The fraction of sp³-hybridized carbons (Fsp3) is 0.0172. The van der Waals surface area contributed by atoms with Crippen LogP contribution in [0.5, 0.6) is 0 Å². The highest BCUT2D eigenvalue weighted by molar-refractivity contribution is 6.00. The van der Waals surface area contributed by atoms with Crippen LogP contribution in [-0.2, 0) is 5.41 Å². The first kappa shape index (κ1) is 33.9. The van der Waals surface area contributed by atoms with Crippen LogP contribution in [0.2, 0.25) is 0 Å². The molecule has 1 spiro atoms. The van der Waals surface area contributed by atoms with Gasteiger partial charge in [0, 0.05) is 16.7 Å². The molecule has 0 bridgehead atoms. The predicted octanol–water partition coefficient (Wildman–Crippen LogP) is 14.3. The summed E-state index contributed by atoms with van der Waals surface area (Å²) in [5.74, 6) is 1.93. The van der Waals surface area contributed by atoms with Crippen LogP contribution in [-0.4, -0.2) is 15.0 Å². The van der Waals surface area contributed by atoms with Crippen LogP contribution in [0.25, 0.3) is 99.9 Å². The van der Waals surface area contributed by atoms with Crippen LogP contribution in [0.3, 0.4) is 0 Å². The summed E-state index contributed by atoms with van der Waals surface area (Å²) in [4.78, 5) is 16.1. The van der Waals surface area contributed by atoms with Crippen molar-refractivity contribution in [1.82, 2.24) is 15.0 Å². The fourth-order valence-electron chi connectivity index (χ4n) is 10.3. The van der Waals surface area contributed by atoms with Crippen LogP contribution in [0.4, 0.5) is 0 Å². The Hall–Kier alpha value is -8.01. The van der Waals surface area contributed by atoms with Crippen molar-refractivity contribution in [1.29, 1.82) is 0 Å². The van der Waals surface area contributed by atoms with Gasteiger partial charge < -0.3 is 0 Å². The Morgan fingerprint density at radius 1 is 0.246 bits per heavy atom. The van der Waals surface area contributed by atoms with E-state index in [1.54, 1.807) is 0 Å². The van der Waals surface area contributed by atoms with E-state index in [2.05, 4.69) is 212 Å². The monoisotopic (exact) mass is 773 g/mol. The van der Waals surface area contributed by atoms with E-state index in [-0.39, 0.29) is 0 Å². The van der Waals surface area contributed by atoms with Crippen LogP contribution >= 0.6 is 0 Å². The van der Waals surface area contributed by atoms with E-state index >= 15 is 0 Å². The number of benzene rings is 10. The molecule has 0 aliphatic heterocycles. The second kappa shape index (κ2) is 13.0. The van der Waals surface area contributed by atoms with Crippen LogP contribution in [0, 0.1) is 0 Å². The zero-order valence-electron chi connectivity index (χ0n) is 33.0. The van der Waals surface area contributed by atoms with E-state index in [0.29, 0.717) is 17.5 Å². The molecule has 3 heteroatoms. The molecule has 0 atom stereocenters. The minimum Gasteiger partial charge on any atom is -0.208 e. The topological polar surface area (TPSA) is 38.7 Å². The number of hydrogen-bond donors (Lipinski definition) is 0. The summed E-state index contributed by atoms with van der Waals surface area (Å²) in [6, 6.07) is 77.0. The van der Waals surface area contributed by atoms with Crippen molar-refractivity contribution < 1.29 is 0 Å². The molecule has 0 saturated carbocycles. The lowest BCUT2D eigenvalue weighted by Gasteiger charge is -2.30. The lowest BCUT2D eigenvalue weighted by Crippen LogP contribution is -2.25. The van der Waals surface area contributed by atoms with E-state index < -0.39 is 5.41 Å². The molecule has 0 unspecified atom stereocenters. The Balaban J connectivity index is 1.04. The number of hydrogen-bond acceptors (Lipinski definition) is 3. The summed E-state index contributed by atoms with van der Waals surface area (Å²) in [6.07, 6.45) is 0. The summed E-state index contributed by atoms with van der Waals surface area (Å²) < 4.78 is 0. The Morgan fingerprint density at radius 2 is 0.656 bits per heavy atom. The van der Waals surface area contributed by atoms with Crippen molar-refractivity contribution in [2.75, 3.05) is 0 Å². The van der Waals surface area contributed by atoms with Gasteiger partial charge in [-0.05, 0) is 112 Å². The van der Waals surface area contributed by atoms with Crippen LogP contribution < -0.4 is 0 Å². The summed E-state index contributed by atoms with van der Waals surface area (Å²) >= 11 is 0. The minimum atomic E-state index is -0.471. The lowest BCUT2D eigenvalue weighted by molar-refractivity contribution is 0.794. The van der Waals surface area contributed by atoms with Gasteiger partial charge in [-0.25, -0.2) is 15.0 Å². The second-order valence-electron chi connectivity index (χ2n) is 16.3. The van der Waals surface area contributed by atoms with E-state index in [1.165, 1.54) is 66.2 Å². The van der Waals surface area contributed by atoms with Crippen molar-refractivity contribution in [3.8, 4) is 67.5 Å². The van der Waals surface area contributed by atoms with Gasteiger partial charge in [0.15, 0.2) is 17.5 Å². The van der Waals surface area contributed by atoms with Gasteiger partial charge in [-0.2, -0.15) is 0 Å². The van der Waals surface area contributed by atoms with Gasteiger partial charge in [0.25, 0.3) is 0 Å². The van der Waals surface area contributed by atoms with Gasteiger partial charge >= 0.3 is 0 Å². The third kappa shape index (κ3) is 5.01. The molecule has 0 amide bonds. The SMILES string of the molecule is c1ccc2c(c1)-c1ccccc1C21c2ccccc2-c2ccc(-c3nc(-c4ccc5ccccc5c4)nc(-c4cccc5ccc(-c6ccc7ccccc7c6)cc45)n3)cc21. The van der Waals surface area contributed by atoms with Crippen molar-refractivity contribution in [3.63, 3.8) is 0 Å². The molecule has 1 heterocycles. The first-order valence-electron chi connectivity index (χ1n) is 20.9. The lowest BCUT2D eigenvalue weighted by atomic mass is 9.70. The molecule has 282 valence electrons. The van der Waals surface area contributed by atoms with Gasteiger partial charge in [-0.15, -0.1) is 0 Å². The molecule has 0 N–H and O–H groups in total. The smallest absolute Gasteiger partial charge is 0.164 e. The Labute approximate surface area is 353 Å². The molecule has 2 aliphatic rings. The molecule has 0 saturated heterocycles. The standard InChI is InChI=1S/C58H35N3/c1-3-14-39-32-41(27-24-36(39)12-1)42-28-26-38-16-11-20-49(50(38)34-42)57-60-55(43-29-25-37-13-2-4-15-40(37)33-43)59-56(61-57)44-30-31-48-47-19-7-10-23-53(47)58(54(48)35-44)51-21-8-5-17-45(51)46-18-6-9-22-52(46)58/h1-35H. The maximum absolute atomic E-state index is 5.41. The number of nitrogens with zero attached hydrogens (tertiary/aromatic N) is 3. The van der Waals surface area contributed by atoms with Crippen LogP contribution in [0.1, 0.15) is 22.3 Å². The summed E-state index contributed by atoms with van der Waals surface area (Å²) in [7, 11) is 0. The maximum Gasteiger partial charge on any atom is 0.164 e. The Bertz CT molecular complexity index is 3560. The van der Waals surface area contributed by atoms with Gasteiger partial charge in [-0.3, -0.25) is 0 Å². The van der Waals surface area contributed by atoms with Crippen molar-refractivity contribution in [3.05, 3.63) is 235 Å². The third-order valence-corrected chi connectivity index (χ3v) is 13.1. The zero-order chi connectivity index (χ0) is 40.1. The molecule has 11 aromatic rings. The molecule has 3 nitrogen and oxygen atoms in total. The molecular weight excluding hydrogens is 739 g/mol. The largest absolute Gasteiger partial charge is 0.208 e. The Morgan fingerprint density at radius 3 is 1.28 bits per heavy atom. The molecule has 61 heavy (non-hydrogen) atoms. The molecule has 13 rings (SSSR count). The van der Waals surface area contributed by atoms with Gasteiger partial charge in [-0.1, -0.05) is 188 Å². The Kier molecular flexibility index (Phi) is 7.22. The summed E-state index contributed by atoms with van der Waals surface area (Å²) in [5.41, 5.74) is 15.0. The van der Waals surface area contributed by atoms with E-state index in [0.717, 1.165) is 38.4 Å². The summed E-state index contributed by atoms with van der Waals surface area (Å²) in [6.45, 7) is 0. The highest BCUT2D eigenvalue weighted by Gasteiger charge is 2.51. The average Bonchev–Trinajstić information content (AvgIpc) is 3.80. The molecule has 0 radical (unpaired) electrons. The highest BCUT2D eigenvalue weighted by atomic mass is 15.0. The predicted molar refractivity (Wildman–Crippen MR) is 250 cm³/mol. The normalized spacial score (nSPS) is 13.0.